The third-order valence-electron chi connectivity index (χ3n) is 10.4. The average Bonchev–Trinajstić information content (AvgIpc) is 3.37. The number of pyridine rings is 3. The lowest BCUT2D eigenvalue weighted by molar-refractivity contribution is 1.26. The molecule has 0 saturated carbocycles. The van der Waals surface area contributed by atoms with Crippen molar-refractivity contribution in [3.8, 4) is 56.0 Å². The van der Waals surface area contributed by atoms with Gasteiger partial charge in [-0.05, 0) is 106 Å². The van der Waals surface area contributed by atoms with Crippen LogP contribution in [-0.2, 0) is 6.42 Å². The summed E-state index contributed by atoms with van der Waals surface area (Å²) >= 11 is 0. The Morgan fingerprint density at radius 3 is 2.00 bits per heavy atom. The molecule has 0 radical (unpaired) electrons. The van der Waals surface area contributed by atoms with Crippen LogP contribution in [0.4, 0.5) is 0 Å². The van der Waals surface area contributed by atoms with Crippen LogP contribution in [0.25, 0.3) is 83.4 Å². The van der Waals surface area contributed by atoms with Crippen molar-refractivity contribution in [2.75, 3.05) is 0 Å². The molecule has 8 aromatic rings. The highest BCUT2D eigenvalue weighted by molar-refractivity contribution is 6.04. The lowest BCUT2D eigenvalue weighted by Gasteiger charge is -2.15. The molecule has 0 bridgehead atoms. The summed E-state index contributed by atoms with van der Waals surface area (Å²) in [5.41, 5.74) is 18.3. The van der Waals surface area contributed by atoms with E-state index in [0.29, 0.717) is 0 Å². The van der Waals surface area contributed by atoms with Crippen LogP contribution >= 0.6 is 0 Å². The summed E-state index contributed by atoms with van der Waals surface area (Å²) < 4.78 is 0. The summed E-state index contributed by atoms with van der Waals surface area (Å²) in [4.78, 5) is 15.2. The summed E-state index contributed by atoms with van der Waals surface area (Å²) in [5, 5.41) is 2.17. The number of benzene rings is 5. The van der Waals surface area contributed by atoms with Crippen LogP contribution in [0.2, 0.25) is 0 Å². The number of hydrogen-bond donors (Lipinski definition) is 0. The predicted octanol–water partition coefficient (Wildman–Crippen LogP) is 12.3. The van der Waals surface area contributed by atoms with E-state index < -0.39 is 0 Å². The standard InChI is InChI=1S/C49H33N3/c1-2-5-12-32(11-4-1)39-28-40(30-41(29-39)44-17-8-9-26-50-44)42-16-10-15-38-27-36-20-21-37(31-43(36)47(38)42)46-25-23-35-19-18-34-22-24-45(33-13-6-3-7-14-33)51-48(34)49(35)52-46/h1-11,13-26,28-31H,12,27H2. The lowest BCUT2D eigenvalue weighted by Crippen LogP contribution is -1.93. The second-order valence-corrected chi connectivity index (χ2v) is 13.6. The minimum Gasteiger partial charge on any atom is -0.256 e. The van der Waals surface area contributed by atoms with E-state index in [2.05, 4.69) is 158 Å². The van der Waals surface area contributed by atoms with Gasteiger partial charge in [0.1, 0.15) is 0 Å². The molecule has 0 atom stereocenters. The number of aromatic nitrogens is 3. The molecule has 0 fully saturated rings. The van der Waals surface area contributed by atoms with Crippen LogP contribution < -0.4 is 0 Å². The van der Waals surface area contributed by atoms with Gasteiger partial charge >= 0.3 is 0 Å². The van der Waals surface area contributed by atoms with Gasteiger partial charge in [-0.15, -0.1) is 0 Å². The smallest absolute Gasteiger partial charge is 0.0972 e. The quantitative estimate of drug-likeness (QED) is 0.172. The van der Waals surface area contributed by atoms with Gasteiger partial charge in [-0.3, -0.25) is 4.98 Å². The predicted molar refractivity (Wildman–Crippen MR) is 216 cm³/mol. The Hall–Kier alpha value is -6.71. The van der Waals surface area contributed by atoms with Crippen molar-refractivity contribution in [2.24, 2.45) is 0 Å². The topological polar surface area (TPSA) is 38.7 Å². The maximum absolute atomic E-state index is 5.30. The van der Waals surface area contributed by atoms with Gasteiger partial charge in [-0.1, -0.05) is 121 Å². The second kappa shape index (κ2) is 12.6. The zero-order valence-electron chi connectivity index (χ0n) is 28.5. The SMILES string of the molecule is C1=CC=C(c2cc(-c3ccccn3)cc(-c3cccc4c3-c3cc(-c5ccc6ccc7ccc(-c8ccccc8)nc7c6n5)ccc3C4)c2)CC=C1. The maximum atomic E-state index is 5.30. The Balaban J connectivity index is 1.11. The second-order valence-electron chi connectivity index (χ2n) is 13.6. The van der Waals surface area contributed by atoms with Crippen molar-refractivity contribution >= 4 is 27.4 Å². The molecule has 5 aromatic carbocycles. The summed E-state index contributed by atoms with van der Waals surface area (Å²) in [7, 11) is 0. The molecule has 3 aromatic heterocycles. The van der Waals surface area contributed by atoms with Crippen LogP contribution in [0.3, 0.4) is 0 Å². The third-order valence-corrected chi connectivity index (χ3v) is 10.4. The van der Waals surface area contributed by atoms with Gasteiger partial charge in [-0.25, -0.2) is 9.97 Å². The fraction of sp³-hybridized carbons (Fsp3) is 0.0408. The number of nitrogens with zero attached hydrogens (tertiary/aromatic N) is 3. The van der Waals surface area contributed by atoms with Crippen LogP contribution in [0.15, 0.2) is 176 Å². The maximum Gasteiger partial charge on any atom is 0.0972 e. The molecule has 3 nitrogen and oxygen atoms in total. The molecular weight excluding hydrogens is 631 g/mol. The molecule has 0 N–H and O–H groups in total. The molecule has 2 aliphatic rings. The molecule has 0 saturated heterocycles. The van der Waals surface area contributed by atoms with Gasteiger partial charge in [0.25, 0.3) is 0 Å². The fourth-order valence-corrected chi connectivity index (χ4v) is 7.77. The average molecular weight is 664 g/mol. The molecule has 52 heavy (non-hydrogen) atoms. The van der Waals surface area contributed by atoms with E-state index in [1.165, 1.54) is 44.5 Å². The van der Waals surface area contributed by atoms with E-state index >= 15 is 0 Å². The molecule has 0 amide bonds. The van der Waals surface area contributed by atoms with Crippen molar-refractivity contribution in [2.45, 2.75) is 12.8 Å². The fourth-order valence-electron chi connectivity index (χ4n) is 7.77. The highest BCUT2D eigenvalue weighted by Crippen LogP contribution is 2.45. The minimum absolute atomic E-state index is 0.883. The van der Waals surface area contributed by atoms with Crippen molar-refractivity contribution in [3.05, 3.63) is 193 Å². The zero-order chi connectivity index (χ0) is 34.4. The first-order valence-corrected chi connectivity index (χ1v) is 17.9. The number of fused-ring (bicyclic) bond motifs is 6. The largest absolute Gasteiger partial charge is 0.256 e. The normalized spacial score (nSPS) is 13.2. The van der Waals surface area contributed by atoms with Gasteiger partial charge in [0.05, 0.1) is 28.1 Å². The molecule has 10 rings (SSSR count). The van der Waals surface area contributed by atoms with Crippen molar-refractivity contribution < 1.29 is 0 Å². The number of rotatable bonds is 5. The van der Waals surface area contributed by atoms with E-state index in [9.17, 15) is 0 Å². The van der Waals surface area contributed by atoms with Crippen LogP contribution in [-0.4, -0.2) is 15.0 Å². The first-order chi connectivity index (χ1) is 25.7. The van der Waals surface area contributed by atoms with Gasteiger partial charge in [0.2, 0.25) is 0 Å². The monoisotopic (exact) mass is 663 g/mol. The third kappa shape index (κ3) is 5.35. The summed E-state index contributed by atoms with van der Waals surface area (Å²) in [6.07, 6.45) is 14.5. The van der Waals surface area contributed by atoms with E-state index in [1.807, 2.05) is 18.3 Å². The van der Waals surface area contributed by atoms with Crippen LogP contribution in [0, 0.1) is 0 Å². The van der Waals surface area contributed by atoms with E-state index in [0.717, 1.165) is 68.4 Å². The number of allylic oxidation sites excluding steroid dienone is 6. The zero-order valence-corrected chi connectivity index (χ0v) is 28.5. The Labute approximate surface area is 303 Å². The Bertz CT molecular complexity index is 2770. The Morgan fingerprint density at radius 1 is 0.442 bits per heavy atom. The van der Waals surface area contributed by atoms with E-state index in [4.69, 9.17) is 15.0 Å². The van der Waals surface area contributed by atoms with Gasteiger partial charge in [0.15, 0.2) is 0 Å². The molecule has 3 heterocycles. The summed E-state index contributed by atoms with van der Waals surface area (Å²) in [6.45, 7) is 0. The first kappa shape index (κ1) is 30.1. The van der Waals surface area contributed by atoms with E-state index in [1.54, 1.807) is 0 Å². The highest BCUT2D eigenvalue weighted by Gasteiger charge is 2.24. The molecular formula is C49H33N3. The minimum atomic E-state index is 0.883. The Kier molecular flexibility index (Phi) is 7.28. The highest BCUT2D eigenvalue weighted by atomic mass is 14.8. The van der Waals surface area contributed by atoms with Gasteiger partial charge in [0, 0.05) is 33.7 Å². The molecule has 244 valence electrons. The lowest BCUT2D eigenvalue weighted by atomic mass is 9.89. The molecule has 3 heteroatoms. The molecule has 0 spiro atoms. The Morgan fingerprint density at radius 2 is 1.19 bits per heavy atom. The molecule has 0 aliphatic heterocycles. The van der Waals surface area contributed by atoms with Crippen molar-refractivity contribution in [1.29, 1.82) is 0 Å². The van der Waals surface area contributed by atoms with E-state index in [-0.39, 0.29) is 0 Å². The van der Waals surface area contributed by atoms with Crippen LogP contribution in [0.5, 0.6) is 0 Å². The van der Waals surface area contributed by atoms with Crippen LogP contribution in [0.1, 0.15) is 23.1 Å². The summed E-state index contributed by atoms with van der Waals surface area (Å²) in [6, 6.07) is 49.9. The number of hydrogen-bond acceptors (Lipinski definition) is 3. The molecule has 2 aliphatic carbocycles. The summed E-state index contributed by atoms with van der Waals surface area (Å²) in [5.74, 6) is 0. The van der Waals surface area contributed by atoms with Gasteiger partial charge in [-0.2, -0.15) is 0 Å². The molecule has 0 unspecified atom stereocenters. The van der Waals surface area contributed by atoms with Crippen molar-refractivity contribution in [3.63, 3.8) is 0 Å². The van der Waals surface area contributed by atoms with Gasteiger partial charge < -0.3 is 0 Å². The van der Waals surface area contributed by atoms with Crippen molar-refractivity contribution in [1.82, 2.24) is 15.0 Å². The first-order valence-electron chi connectivity index (χ1n) is 17.9.